The highest BCUT2D eigenvalue weighted by Gasteiger charge is 2.62. The van der Waals surface area contributed by atoms with Crippen molar-refractivity contribution >= 4 is 22.3 Å². The van der Waals surface area contributed by atoms with Crippen LogP contribution in [-0.4, -0.2) is 71.6 Å². The zero-order chi connectivity index (χ0) is 18.6. The molecule has 0 radical (unpaired) electrons. The van der Waals surface area contributed by atoms with Gasteiger partial charge < -0.3 is 10.6 Å². The molecule has 2 aliphatic heterocycles. The summed E-state index contributed by atoms with van der Waals surface area (Å²) in [6.07, 6.45) is -0.186. The van der Waals surface area contributed by atoms with E-state index in [1.54, 1.807) is 0 Å². The molecule has 0 aromatic carbocycles. The fraction of sp³-hybridized carbons (Fsp3) is 0.818. The molecule has 142 valence electrons. The zero-order valence-corrected chi connectivity index (χ0v) is 13.5. The van der Waals surface area contributed by atoms with Crippen LogP contribution >= 0.6 is 0 Å². The number of urea groups is 1. The number of hydroxylamine groups is 3. The molecule has 4 N–H and O–H groups in total. The van der Waals surface area contributed by atoms with Gasteiger partial charge in [0, 0.05) is 12.5 Å². The number of alkyl halides is 2. The van der Waals surface area contributed by atoms with Crippen LogP contribution in [0.15, 0.2) is 0 Å². The number of nitrogens with zero attached hydrogens (tertiary/aromatic N) is 2. The fourth-order valence-electron chi connectivity index (χ4n) is 2.93. The summed E-state index contributed by atoms with van der Waals surface area (Å²) >= 11 is 0. The lowest BCUT2D eigenvalue weighted by molar-refractivity contribution is -0.164. The summed E-state index contributed by atoms with van der Waals surface area (Å²) in [6.45, 7) is -0.650. The van der Waals surface area contributed by atoms with Crippen molar-refractivity contribution in [1.29, 1.82) is 0 Å². The first-order valence-electron chi connectivity index (χ1n) is 7.35. The minimum atomic E-state index is -5.18. The van der Waals surface area contributed by atoms with Gasteiger partial charge in [0.15, 0.2) is 0 Å². The second-order valence-corrected chi connectivity index (χ2v) is 7.13. The minimum Gasteiger partial charge on any atom is -0.325 e. The summed E-state index contributed by atoms with van der Waals surface area (Å²) in [6, 6.07) is -5.10. The molecule has 0 aromatic rings. The Labute approximate surface area is 140 Å². The van der Waals surface area contributed by atoms with Crippen LogP contribution in [0.5, 0.6) is 0 Å². The van der Waals surface area contributed by atoms with E-state index in [2.05, 4.69) is 4.28 Å². The first-order chi connectivity index (χ1) is 11.5. The monoisotopic (exact) mass is 386 g/mol. The van der Waals surface area contributed by atoms with Gasteiger partial charge in [0.05, 0.1) is 6.54 Å². The van der Waals surface area contributed by atoms with Crippen molar-refractivity contribution in [3.05, 3.63) is 0 Å². The first-order valence-corrected chi connectivity index (χ1v) is 8.72. The average molecular weight is 386 g/mol. The standard InChI is InChI=1S/C11H16F2N4O7S/c12-11(13)3-6(9(18)15-23-7-2-1-5(7)14)16-4-8(11)17(10(16)19)24-25(20,21)22/h5-8H,1-4,14H2,(H,15,18)(H,20,21,22)/t5?,6-,7?,8-/m0/s1. The number of rotatable bonds is 5. The van der Waals surface area contributed by atoms with Crippen molar-refractivity contribution in [2.45, 2.75) is 49.4 Å². The molecule has 3 amide bonds. The van der Waals surface area contributed by atoms with E-state index in [1.807, 2.05) is 5.48 Å². The molecular weight excluding hydrogens is 370 g/mol. The Morgan fingerprint density at radius 1 is 1.40 bits per heavy atom. The van der Waals surface area contributed by atoms with Crippen molar-refractivity contribution in [3.63, 3.8) is 0 Å². The molecule has 2 unspecified atom stereocenters. The second-order valence-electron chi connectivity index (χ2n) is 6.12. The molecule has 3 aliphatic rings. The van der Waals surface area contributed by atoms with E-state index in [-0.39, 0.29) is 11.1 Å². The molecule has 0 aromatic heterocycles. The second kappa shape index (κ2) is 5.98. The lowest BCUT2D eigenvalue weighted by Crippen LogP contribution is -2.57. The number of carbonyl (C=O) groups is 2. The van der Waals surface area contributed by atoms with Gasteiger partial charge in [-0.3, -0.25) is 14.2 Å². The van der Waals surface area contributed by atoms with E-state index in [0.717, 1.165) is 4.90 Å². The number of piperidine rings is 1. The van der Waals surface area contributed by atoms with E-state index in [1.165, 1.54) is 0 Å². The molecule has 2 saturated heterocycles. The third kappa shape index (κ3) is 3.39. The van der Waals surface area contributed by atoms with E-state index >= 15 is 0 Å². The zero-order valence-electron chi connectivity index (χ0n) is 12.7. The normalized spacial score (nSPS) is 34.0. The molecule has 1 saturated carbocycles. The van der Waals surface area contributed by atoms with Gasteiger partial charge >= 0.3 is 16.4 Å². The maximum atomic E-state index is 14.2. The topological polar surface area (TPSA) is 151 Å². The third-order valence-corrected chi connectivity index (χ3v) is 4.82. The van der Waals surface area contributed by atoms with Gasteiger partial charge in [-0.05, 0) is 12.8 Å². The quantitative estimate of drug-likeness (QED) is 0.392. The van der Waals surface area contributed by atoms with Crippen LogP contribution in [0.4, 0.5) is 13.6 Å². The number of nitrogens with one attached hydrogen (secondary N) is 1. The predicted octanol–water partition coefficient (Wildman–Crippen LogP) is -1.23. The number of carbonyl (C=O) groups excluding carboxylic acids is 2. The molecule has 4 atom stereocenters. The van der Waals surface area contributed by atoms with Gasteiger partial charge in [-0.15, -0.1) is 4.28 Å². The highest BCUT2D eigenvalue weighted by Crippen LogP contribution is 2.41. The van der Waals surface area contributed by atoms with Crippen LogP contribution in [0.1, 0.15) is 19.3 Å². The summed E-state index contributed by atoms with van der Waals surface area (Å²) in [5.74, 6) is -4.61. The first kappa shape index (κ1) is 18.2. The van der Waals surface area contributed by atoms with Crippen LogP contribution < -0.4 is 11.2 Å². The van der Waals surface area contributed by atoms with Crippen LogP contribution in [0.25, 0.3) is 0 Å². The maximum Gasteiger partial charge on any atom is 0.418 e. The Balaban J connectivity index is 1.72. The van der Waals surface area contributed by atoms with Crippen molar-refractivity contribution in [3.8, 4) is 0 Å². The smallest absolute Gasteiger partial charge is 0.325 e. The van der Waals surface area contributed by atoms with Gasteiger partial charge in [0.25, 0.3) is 11.8 Å². The average Bonchev–Trinajstić information content (AvgIpc) is 2.76. The summed E-state index contributed by atoms with van der Waals surface area (Å²) in [4.78, 5) is 30.0. The van der Waals surface area contributed by atoms with Crippen LogP contribution in [-0.2, 0) is 24.3 Å². The van der Waals surface area contributed by atoms with Gasteiger partial charge in [0.2, 0.25) is 0 Å². The number of hydrogen-bond donors (Lipinski definition) is 3. The Hall–Kier alpha value is -1.61. The molecule has 2 bridgehead atoms. The highest BCUT2D eigenvalue weighted by atomic mass is 32.3. The maximum absolute atomic E-state index is 14.2. The Morgan fingerprint density at radius 3 is 2.60 bits per heavy atom. The summed E-state index contributed by atoms with van der Waals surface area (Å²) in [5, 5.41) is -0.134. The van der Waals surface area contributed by atoms with Gasteiger partial charge in [0.1, 0.15) is 18.2 Å². The number of hydrogen-bond acceptors (Lipinski definition) is 7. The Bertz CT molecular complexity index is 690. The molecule has 0 spiro atoms. The number of nitrogens with two attached hydrogens (primary N) is 1. The van der Waals surface area contributed by atoms with Crippen molar-refractivity contribution in [1.82, 2.24) is 15.4 Å². The Kier molecular flexibility index (Phi) is 4.35. The molecular formula is C11H16F2N4O7S. The van der Waals surface area contributed by atoms with E-state index in [4.69, 9.17) is 15.1 Å². The van der Waals surface area contributed by atoms with Crippen molar-refractivity contribution in [2.24, 2.45) is 5.73 Å². The lowest BCUT2D eigenvalue weighted by Gasteiger charge is -2.36. The van der Waals surface area contributed by atoms with E-state index < -0.39 is 59.4 Å². The predicted molar refractivity (Wildman–Crippen MR) is 73.9 cm³/mol. The largest absolute Gasteiger partial charge is 0.418 e. The fourth-order valence-corrected chi connectivity index (χ4v) is 3.30. The van der Waals surface area contributed by atoms with E-state index in [0.29, 0.717) is 12.8 Å². The van der Waals surface area contributed by atoms with E-state index in [9.17, 15) is 26.8 Å². The third-order valence-electron chi connectivity index (χ3n) is 4.47. The molecule has 11 nitrogen and oxygen atoms in total. The van der Waals surface area contributed by atoms with Gasteiger partial charge in [-0.1, -0.05) is 0 Å². The molecule has 1 aliphatic carbocycles. The minimum absolute atomic E-state index is 0.134. The molecule has 25 heavy (non-hydrogen) atoms. The number of amides is 3. The van der Waals surface area contributed by atoms with Crippen molar-refractivity contribution < 1.29 is 40.5 Å². The summed E-state index contributed by atoms with van der Waals surface area (Å²) in [7, 11) is -5.18. The summed E-state index contributed by atoms with van der Waals surface area (Å²) in [5.41, 5.74) is 7.64. The van der Waals surface area contributed by atoms with Crippen LogP contribution in [0.3, 0.4) is 0 Å². The Morgan fingerprint density at radius 2 is 2.08 bits per heavy atom. The van der Waals surface area contributed by atoms with Crippen molar-refractivity contribution in [2.75, 3.05) is 6.54 Å². The SMILES string of the molecule is NC1CCC1ONC(=O)[C@@H]1CC(F)(F)[C@@H]2CN1C(=O)N2OS(=O)(=O)O. The van der Waals surface area contributed by atoms with Gasteiger partial charge in [-0.25, -0.2) is 19.1 Å². The lowest BCUT2D eigenvalue weighted by atomic mass is 9.90. The molecule has 14 heteroatoms. The van der Waals surface area contributed by atoms with Crippen LogP contribution in [0.2, 0.25) is 0 Å². The number of fused-ring (bicyclic) bond motifs is 2. The van der Waals surface area contributed by atoms with Crippen LogP contribution in [0, 0.1) is 0 Å². The summed E-state index contributed by atoms with van der Waals surface area (Å²) < 4.78 is 62.6. The molecule has 3 rings (SSSR count). The van der Waals surface area contributed by atoms with Gasteiger partial charge in [-0.2, -0.15) is 13.5 Å². The highest BCUT2D eigenvalue weighted by molar-refractivity contribution is 7.80. The molecule has 2 heterocycles. The number of halogens is 2. The molecule has 3 fully saturated rings.